The van der Waals surface area contributed by atoms with E-state index < -0.39 is 0 Å². The molecule has 1 N–H and O–H groups in total. The average molecular weight is 380 g/mol. The number of likely N-dealkylation sites (tertiary alicyclic amines) is 1. The Bertz CT molecular complexity index is 797. The fourth-order valence-electron chi connectivity index (χ4n) is 3.78. The first-order valence-electron chi connectivity index (χ1n) is 9.91. The van der Waals surface area contributed by atoms with Crippen molar-refractivity contribution in [2.45, 2.75) is 51.7 Å². The van der Waals surface area contributed by atoms with E-state index in [9.17, 15) is 9.59 Å². The van der Waals surface area contributed by atoms with E-state index in [0.717, 1.165) is 24.8 Å². The van der Waals surface area contributed by atoms with Crippen molar-refractivity contribution in [3.63, 3.8) is 0 Å². The molecule has 0 aromatic heterocycles. The number of ether oxygens (including phenoxy) is 1. The van der Waals surface area contributed by atoms with Crippen LogP contribution in [0.5, 0.6) is 5.75 Å². The van der Waals surface area contributed by atoms with Crippen molar-refractivity contribution in [1.82, 2.24) is 10.2 Å². The molecule has 28 heavy (non-hydrogen) atoms. The number of piperidine rings is 1. The van der Waals surface area contributed by atoms with Gasteiger partial charge in [0.2, 0.25) is 0 Å². The lowest BCUT2D eigenvalue weighted by molar-refractivity contribution is -0.139. The normalized spacial score (nSPS) is 19.1. The molecule has 3 rings (SSSR count). The van der Waals surface area contributed by atoms with E-state index in [-0.39, 0.29) is 30.5 Å². The van der Waals surface area contributed by atoms with Gasteiger partial charge in [0.15, 0.2) is 6.61 Å². The molecule has 0 aliphatic carbocycles. The number of carbonyl (C=O) groups is 2. The van der Waals surface area contributed by atoms with Crippen LogP contribution in [0, 0.1) is 0 Å². The minimum Gasteiger partial charge on any atom is -0.483 e. The topological polar surface area (TPSA) is 58.6 Å². The molecule has 2 atom stereocenters. The number of benzene rings is 2. The standard InChI is InChI=1S/C23H28N2O3/c1-17-9-8-10-18(2)25(17)22(26)16-28-21-14-7-6-13-20(21)23(27)24-15-19-11-4-3-5-12-19/h3-7,11-14,17-18H,8-10,15-16H2,1-2H3,(H,24,27)/t17-,18+. The Morgan fingerprint density at radius 3 is 2.36 bits per heavy atom. The van der Waals surface area contributed by atoms with Gasteiger partial charge in [-0.1, -0.05) is 42.5 Å². The highest BCUT2D eigenvalue weighted by Gasteiger charge is 2.29. The van der Waals surface area contributed by atoms with Gasteiger partial charge >= 0.3 is 0 Å². The van der Waals surface area contributed by atoms with Gasteiger partial charge in [0.05, 0.1) is 5.56 Å². The van der Waals surface area contributed by atoms with Gasteiger partial charge in [0.25, 0.3) is 11.8 Å². The fraction of sp³-hybridized carbons (Fsp3) is 0.391. The summed E-state index contributed by atoms with van der Waals surface area (Å²) < 4.78 is 5.77. The molecule has 1 heterocycles. The molecule has 0 bridgehead atoms. The minimum atomic E-state index is -0.216. The van der Waals surface area contributed by atoms with Gasteiger partial charge in [-0.05, 0) is 50.8 Å². The monoisotopic (exact) mass is 380 g/mol. The molecule has 1 fully saturated rings. The van der Waals surface area contributed by atoms with E-state index in [1.54, 1.807) is 24.3 Å². The van der Waals surface area contributed by atoms with Gasteiger partial charge in [-0.25, -0.2) is 0 Å². The number of carbonyl (C=O) groups excluding carboxylic acids is 2. The van der Waals surface area contributed by atoms with Crippen molar-refractivity contribution in [2.75, 3.05) is 6.61 Å². The van der Waals surface area contributed by atoms with E-state index in [0.29, 0.717) is 17.9 Å². The van der Waals surface area contributed by atoms with Gasteiger partial charge in [0, 0.05) is 18.6 Å². The third-order valence-corrected chi connectivity index (χ3v) is 5.26. The van der Waals surface area contributed by atoms with Crippen LogP contribution in [0.15, 0.2) is 54.6 Å². The summed E-state index contributed by atoms with van der Waals surface area (Å²) >= 11 is 0. The molecule has 1 aliphatic rings. The summed E-state index contributed by atoms with van der Waals surface area (Å²) in [4.78, 5) is 27.2. The molecule has 2 aromatic carbocycles. The number of nitrogens with one attached hydrogen (secondary N) is 1. The summed E-state index contributed by atoms with van der Waals surface area (Å²) in [6.07, 6.45) is 3.19. The lowest BCUT2D eigenvalue weighted by Crippen LogP contribution is -2.49. The summed E-state index contributed by atoms with van der Waals surface area (Å²) in [6.45, 7) is 4.55. The highest BCUT2D eigenvalue weighted by molar-refractivity contribution is 5.97. The second-order valence-electron chi connectivity index (χ2n) is 7.38. The van der Waals surface area contributed by atoms with Crippen LogP contribution >= 0.6 is 0 Å². The molecular formula is C23H28N2O3. The van der Waals surface area contributed by atoms with Crippen LogP contribution < -0.4 is 10.1 Å². The zero-order valence-corrected chi connectivity index (χ0v) is 16.6. The lowest BCUT2D eigenvalue weighted by Gasteiger charge is -2.39. The van der Waals surface area contributed by atoms with Gasteiger partial charge < -0.3 is 15.0 Å². The lowest BCUT2D eigenvalue weighted by atomic mass is 9.97. The molecule has 1 aliphatic heterocycles. The molecular weight excluding hydrogens is 352 g/mol. The van der Waals surface area contributed by atoms with Gasteiger partial charge in [-0.15, -0.1) is 0 Å². The first kappa shape index (κ1) is 19.9. The summed E-state index contributed by atoms with van der Waals surface area (Å²) in [5, 5.41) is 2.91. The van der Waals surface area contributed by atoms with Crippen molar-refractivity contribution in [1.29, 1.82) is 0 Å². The number of hydrogen-bond acceptors (Lipinski definition) is 3. The number of rotatable bonds is 6. The van der Waals surface area contributed by atoms with Gasteiger partial charge in [0.1, 0.15) is 5.75 Å². The van der Waals surface area contributed by atoms with E-state index >= 15 is 0 Å². The molecule has 0 spiro atoms. The fourth-order valence-corrected chi connectivity index (χ4v) is 3.78. The highest BCUT2D eigenvalue weighted by atomic mass is 16.5. The van der Waals surface area contributed by atoms with Crippen LogP contribution in [0.4, 0.5) is 0 Å². The van der Waals surface area contributed by atoms with Crippen molar-refractivity contribution in [3.8, 4) is 5.75 Å². The Kier molecular flexibility index (Phi) is 6.69. The van der Waals surface area contributed by atoms with Crippen molar-refractivity contribution >= 4 is 11.8 Å². The van der Waals surface area contributed by atoms with Crippen LogP contribution in [-0.4, -0.2) is 35.4 Å². The first-order chi connectivity index (χ1) is 13.6. The van der Waals surface area contributed by atoms with Crippen molar-refractivity contribution in [3.05, 3.63) is 65.7 Å². The predicted molar refractivity (Wildman–Crippen MR) is 109 cm³/mol. The highest BCUT2D eigenvalue weighted by Crippen LogP contribution is 2.23. The second kappa shape index (κ2) is 9.40. The third kappa shape index (κ3) is 4.91. The molecule has 5 nitrogen and oxygen atoms in total. The first-order valence-corrected chi connectivity index (χ1v) is 9.91. The van der Waals surface area contributed by atoms with E-state index in [2.05, 4.69) is 19.2 Å². The largest absolute Gasteiger partial charge is 0.483 e. The summed E-state index contributed by atoms with van der Waals surface area (Å²) in [5.74, 6) is 0.185. The molecule has 5 heteroatoms. The Hall–Kier alpha value is -2.82. The van der Waals surface area contributed by atoms with Crippen LogP contribution in [0.25, 0.3) is 0 Å². The number of para-hydroxylation sites is 1. The van der Waals surface area contributed by atoms with Crippen molar-refractivity contribution < 1.29 is 14.3 Å². The summed E-state index contributed by atoms with van der Waals surface area (Å²) in [7, 11) is 0. The zero-order valence-electron chi connectivity index (χ0n) is 16.6. The third-order valence-electron chi connectivity index (χ3n) is 5.26. The maximum Gasteiger partial charge on any atom is 0.260 e. The number of hydrogen-bond donors (Lipinski definition) is 1. The molecule has 2 aromatic rings. The quantitative estimate of drug-likeness (QED) is 0.830. The average Bonchev–Trinajstić information content (AvgIpc) is 2.71. The molecule has 148 valence electrons. The molecule has 2 amide bonds. The Balaban J connectivity index is 1.61. The molecule has 0 saturated carbocycles. The second-order valence-corrected chi connectivity index (χ2v) is 7.38. The Morgan fingerprint density at radius 2 is 1.64 bits per heavy atom. The maximum absolute atomic E-state index is 12.7. The Labute approximate surface area is 166 Å². The molecule has 1 saturated heterocycles. The number of amides is 2. The molecule has 0 unspecified atom stereocenters. The van der Waals surface area contributed by atoms with Crippen LogP contribution in [0.3, 0.4) is 0 Å². The van der Waals surface area contributed by atoms with Crippen LogP contribution in [0.2, 0.25) is 0 Å². The SMILES string of the molecule is C[C@@H]1CCC[C@H](C)N1C(=O)COc1ccccc1C(=O)NCc1ccccc1. The summed E-state index contributed by atoms with van der Waals surface area (Å²) in [5.41, 5.74) is 1.46. The predicted octanol–water partition coefficient (Wildman–Crippen LogP) is 3.78. The van der Waals surface area contributed by atoms with Crippen molar-refractivity contribution in [2.24, 2.45) is 0 Å². The smallest absolute Gasteiger partial charge is 0.260 e. The maximum atomic E-state index is 12.7. The molecule has 0 radical (unpaired) electrons. The van der Waals surface area contributed by atoms with E-state index in [1.807, 2.05) is 35.2 Å². The van der Waals surface area contributed by atoms with E-state index in [1.165, 1.54) is 0 Å². The van der Waals surface area contributed by atoms with Crippen LogP contribution in [0.1, 0.15) is 49.0 Å². The van der Waals surface area contributed by atoms with Crippen LogP contribution in [-0.2, 0) is 11.3 Å². The zero-order chi connectivity index (χ0) is 19.9. The number of nitrogens with zero attached hydrogens (tertiary/aromatic N) is 1. The minimum absolute atomic E-state index is 0.0285. The van der Waals surface area contributed by atoms with Gasteiger partial charge in [-0.3, -0.25) is 9.59 Å². The summed E-state index contributed by atoms with van der Waals surface area (Å²) in [6, 6.07) is 17.2. The van der Waals surface area contributed by atoms with E-state index in [4.69, 9.17) is 4.74 Å². The van der Waals surface area contributed by atoms with Gasteiger partial charge in [-0.2, -0.15) is 0 Å². The Morgan fingerprint density at radius 1 is 1.00 bits per heavy atom.